The molecule has 0 bridgehead atoms. The first-order chi connectivity index (χ1) is 8.33. The van der Waals surface area contributed by atoms with E-state index in [-0.39, 0.29) is 0 Å². The van der Waals surface area contributed by atoms with Crippen LogP contribution in [0.25, 0.3) is 0 Å². The number of imidazole rings is 1. The molecule has 0 spiro atoms. The second kappa shape index (κ2) is 5.64. The molecule has 0 aliphatic carbocycles. The molecule has 3 nitrogen and oxygen atoms in total. The molecule has 1 heterocycles. The summed E-state index contributed by atoms with van der Waals surface area (Å²) in [7, 11) is 0. The average Bonchev–Trinajstić information content (AvgIpc) is 2.79. The molecule has 0 aliphatic heterocycles. The quantitative estimate of drug-likeness (QED) is 0.852. The third-order valence-corrected chi connectivity index (χ3v) is 2.93. The molecule has 0 fully saturated rings. The van der Waals surface area contributed by atoms with Gasteiger partial charge in [-0.05, 0) is 24.1 Å². The molecule has 0 radical (unpaired) electrons. The van der Waals surface area contributed by atoms with Gasteiger partial charge in [0.1, 0.15) is 5.82 Å². The van der Waals surface area contributed by atoms with Gasteiger partial charge < -0.3 is 10.3 Å². The van der Waals surface area contributed by atoms with Crippen LogP contribution in [0.5, 0.6) is 0 Å². The molecule has 90 valence electrons. The number of nitrogens with zero attached hydrogens (tertiary/aromatic N) is 2. The van der Waals surface area contributed by atoms with Crippen LogP contribution in [0.4, 0.5) is 0 Å². The second-order valence-corrected chi connectivity index (χ2v) is 4.18. The van der Waals surface area contributed by atoms with E-state index in [9.17, 15) is 0 Å². The number of aromatic nitrogens is 2. The van der Waals surface area contributed by atoms with Crippen molar-refractivity contribution in [2.45, 2.75) is 26.3 Å². The van der Waals surface area contributed by atoms with E-state index in [4.69, 9.17) is 5.73 Å². The maximum Gasteiger partial charge on any atom is 0.108 e. The van der Waals surface area contributed by atoms with Crippen LogP contribution in [0.15, 0.2) is 36.7 Å². The SMILES string of the molecule is CCc1nccn1Cc1ccc(CCN)cc1. The van der Waals surface area contributed by atoms with Crippen molar-refractivity contribution in [3.63, 3.8) is 0 Å². The molecule has 0 aliphatic rings. The number of aryl methyl sites for hydroxylation is 1. The highest BCUT2D eigenvalue weighted by atomic mass is 15.1. The van der Waals surface area contributed by atoms with Gasteiger partial charge in [-0.1, -0.05) is 31.2 Å². The van der Waals surface area contributed by atoms with Crippen LogP contribution in [-0.4, -0.2) is 16.1 Å². The fourth-order valence-electron chi connectivity index (χ4n) is 1.97. The minimum atomic E-state index is 0.709. The van der Waals surface area contributed by atoms with Crippen molar-refractivity contribution < 1.29 is 0 Å². The highest BCUT2D eigenvalue weighted by molar-refractivity contribution is 5.23. The topological polar surface area (TPSA) is 43.8 Å². The van der Waals surface area contributed by atoms with Crippen LogP contribution in [-0.2, 0) is 19.4 Å². The summed E-state index contributed by atoms with van der Waals surface area (Å²) < 4.78 is 2.19. The zero-order valence-corrected chi connectivity index (χ0v) is 10.3. The molecular weight excluding hydrogens is 210 g/mol. The van der Waals surface area contributed by atoms with Crippen molar-refractivity contribution in [1.29, 1.82) is 0 Å². The van der Waals surface area contributed by atoms with Gasteiger partial charge in [-0.3, -0.25) is 0 Å². The van der Waals surface area contributed by atoms with Gasteiger partial charge in [0.05, 0.1) is 0 Å². The normalized spacial score (nSPS) is 10.7. The summed E-state index contributed by atoms with van der Waals surface area (Å²) in [4.78, 5) is 4.32. The Hall–Kier alpha value is -1.61. The fraction of sp³-hybridized carbons (Fsp3) is 0.357. The number of hydrogen-bond acceptors (Lipinski definition) is 2. The summed E-state index contributed by atoms with van der Waals surface area (Å²) in [6.07, 6.45) is 5.82. The van der Waals surface area contributed by atoms with Gasteiger partial charge in [-0.2, -0.15) is 0 Å². The monoisotopic (exact) mass is 229 g/mol. The van der Waals surface area contributed by atoms with Gasteiger partial charge in [0.25, 0.3) is 0 Å². The highest BCUT2D eigenvalue weighted by Crippen LogP contribution is 2.08. The van der Waals surface area contributed by atoms with Crippen LogP contribution in [0.2, 0.25) is 0 Å². The van der Waals surface area contributed by atoms with Gasteiger partial charge in [0.2, 0.25) is 0 Å². The van der Waals surface area contributed by atoms with E-state index in [1.807, 2.05) is 12.4 Å². The Balaban J connectivity index is 2.08. The Kier molecular flexibility index (Phi) is 3.94. The summed E-state index contributed by atoms with van der Waals surface area (Å²) in [6.45, 7) is 3.73. The number of rotatable bonds is 5. The lowest BCUT2D eigenvalue weighted by Crippen LogP contribution is -2.04. The number of benzene rings is 1. The summed E-state index contributed by atoms with van der Waals surface area (Å²) in [5.74, 6) is 1.14. The van der Waals surface area contributed by atoms with Crippen molar-refractivity contribution in [1.82, 2.24) is 9.55 Å². The average molecular weight is 229 g/mol. The Morgan fingerprint density at radius 3 is 2.53 bits per heavy atom. The minimum absolute atomic E-state index is 0.709. The number of hydrogen-bond donors (Lipinski definition) is 1. The molecule has 0 amide bonds. The van der Waals surface area contributed by atoms with Crippen LogP contribution in [0.3, 0.4) is 0 Å². The molecule has 2 N–H and O–H groups in total. The van der Waals surface area contributed by atoms with Gasteiger partial charge >= 0.3 is 0 Å². The van der Waals surface area contributed by atoms with Crippen molar-refractivity contribution in [2.75, 3.05) is 6.54 Å². The first kappa shape index (κ1) is 11.9. The maximum atomic E-state index is 5.53. The maximum absolute atomic E-state index is 5.53. The van der Waals surface area contributed by atoms with Crippen LogP contribution < -0.4 is 5.73 Å². The molecule has 1 aromatic carbocycles. The van der Waals surface area contributed by atoms with E-state index in [0.717, 1.165) is 25.2 Å². The van der Waals surface area contributed by atoms with E-state index in [2.05, 4.69) is 40.7 Å². The van der Waals surface area contributed by atoms with E-state index < -0.39 is 0 Å². The van der Waals surface area contributed by atoms with Gasteiger partial charge in [-0.15, -0.1) is 0 Å². The summed E-state index contributed by atoms with van der Waals surface area (Å²) in [6, 6.07) is 8.66. The van der Waals surface area contributed by atoms with Gasteiger partial charge in [0, 0.05) is 25.4 Å². The van der Waals surface area contributed by atoms with E-state index >= 15 is 0 Å². The minimum Gasteiger partial charge on any atom is -0.331 e. The Morgan fingerprint density at radius 1 is 1.18 bits per heavy atom. The Morgan fingerprint density at radius 2 is 1.88 bits per heavy atom. The predicted octanol–water partition coefficient (Wildman–Crippen LogP) is 2.00. The Bertz CT molecular complexity index is 457. The molecule has 3 heteroatoms. The lowest BCUT2D eigenvalue weighted by molar-refractivity contribution is 0.732. The molecule has 1 aromatic heterocycles. The second-order valence-electron chi connectivity index (χ2n) is 4.18. The molecular formula is C14H19N3. The molecule has 2 rings (SSSR count). The van der Waals surface area contributed by atoms with Crippen molar-refractivity contribution in [2.24, 2.45) is 5.73 Å². The first-order valence-electron chi connectivity index (χ1n) is 6.11. The summed E-state index contributed by atoms with van der Waals surface area (Å²) >= 11 is 0. The van der Waals surface area contributed by atoms with E-state index in [1.165, 1.54) is 11.1 Å². The van der Waals surface area contributed by atoms with Crippen LogP contribution in [0.1, 0.15) is 23.9 Å². The standard InChI is InChI=1S/C14H19N3/c1-2-14-16-9-10-17(14)11-13-5-3-12(4-6-13)7-8-15/h3-6,9-10H,2,7-8,11,15H2,1H3. The van der Waals surface area contributed by atoms with Crippen molar-refractivity contribution in [3.05, 3.63) is 53.6 Å². The number of nitrogens with two attached hydrogens (primary N) is 1. The molecule has 2 aromatic rings. The van der Waals surface area contributed by atoms with Crippen molar-refractivity contribution in [3.8, 4) is 0 Å². The van der Waals surface area contributed by atoms with E-state index in [0.29, 0.717) is 6.54 Å². The summed E-state index contributed by atoms with van der Waals surface area (Å²) in [5, 5.41) is 0. The zero-order valence-electron chi connectivity index (χ0n) is 10.3. The Labute approximate surface area is 102 Å². The molecule has 0 saturated heterocycles. The molecule has 0 atom stereocenters. The lowest BCUT2D eigenvalue weighted by atomic mass is 10.1. The highest BCUT2D eigenvalue weighted by Gasteiger charge is 2.01. The van der Waals surface area contributed by atoms with E-state index in [1.54, 1.807) is 0 Å². The third kappa shape index (κ3) is 2.94. The van der Waals surface area contributed by atoms with Crippen LogP contribution >= 0.6 is 0 Å². The molecule has 0 saturated carbocycles. The fourth-order valence-corrected chi connectivity index (χ4v) is 1.97. The predicted molar refractivity (Wildman–Crippen MR) is 69.9 cm³/mol. The van der Waals surface area contributed by atoms with Crippen LogP contribution in [0, 0.1) is 0 Å². The smallest absolute Gasteiger partial charge is 0.108 e. The third-order valence-electron chi connectivity index (χ3n) is 2.93. The molecule has 17 heavy (non-hydrogen) atoms. The largest absolute Gasteiger partial charge is 0.331 e. The lowest BCUT2D eigenvalue weighted by Gasteiger charge is -2.07. The summed E-state index contributed by atoms with van der Waals surface area (Å²) in [5.41, 5.74) is 8.14. The zero-order chi connectivity index (χ0) is 12.1. The first-order valence-corrected chi connectivity index (χ1v) is 6.11. The van der Waals surface area contributed by atoms with Gasteiger partial charge in [-0.25, -0.2) is 4.98 Å². The van der Waals surface area contributed by atoms with Crippen molar-refractivity contribution >= 4 is 0 Å². The van der Waals surface area contributed by atoms with Gasteiger partial charge in [0.15, 0.2) is 0 Å². The molecule has 0 unspecified atom stereocenters.